The maximum Gasteiger partial charge on any atom is 0.114 e. The van der Waals surface area contributed by atoms with Gasteiger partial charge >= 0.3 is 0 Å². The minimum atomic E-state index is 0.625. The number of nitrogens with zero attached hydrogens (tertiary/aromatic N) is 1. The first-order chi connectivity index (χ1) is 21.0. The van der Waals surface area contributed by atoms with Gasteiger partial charge < -0.3 is 4.48 Å². The molecule has 1 heteroatoms. The Morgan fingerprint density at radius 2 is 0.744 bits per heavy atom. The van der Waals surface area contributed by atoms with Crippen LogP contribution >= 0.6 is 0 Å². The molecule has 0 aliphatic heterocycles. The minimum absolute atomic E-state index is 0.625. The largest absolute Gasteiger partial charge is 0.325 e. The zero-order chi connectivity index (χ0) is 31.3. The van der Waals surface area contributed by atoms with Crippen molar-refractivity contribution in [3.05, 3.63) is 35.4 Å². The lowest BCUT2D eigenvalue weighted by atomic mass is 9.91. The van der Waals surface area contributed by atoms with E-state index in [9.17, 15) is 0 Å². The molecule has 43 heavy (non-hydrogen) atoms. The molecular formula is C42H80N+. The van der Waals surface area contributed by atoms with E-state index in [-0.39, 0.29) is 0 Å². The van der Waals surface area contributed by atoms with Gasteiger partial charge in [-0.2, -0.15) is 0 Å². The molecule has 1 aromatic carbocycles. The highest BCUT2D eigenvalue weighted by atomic mass is 15.3. The summed E-state index contributed by atoms with van der Waals surface area (Å²) in [6.07, 6.45) is 42.9. The lowest BCUT2D eigenvalue weighted by Gasteiger charge is -2.36. The smallest absolute Gasteiger partial charge is 0.114 e. The van der Waals surface area contributed by atoms with Gasteiger partial charge in [0.1, 0.15) is 6.04 Å². The van der Waals surface area contributed by atoms with Crippen LogP contribution in [-0.2, 0) is 6.42 Å². The number of unbranched alkanes of at least 4 members (excludes halogenated alkanes) is 26. The van der Waals surface area contributed by atoms with Crippen LogP contribution < -0.4 is 0 Å². The van der Waals surface area contributed by atoms with Crippen LogP contribution in [0.3, 0.4) is 0 Å². The molecule has 0 spiro atoms. The van der Waals surface area contributed by atoms with E-state index in [1.165, 1.54) is 193 Å². The SMILES string of the molecule is CCCCCCCCCCCCCCCCc1ccccc1C(CCCCCCCCCCCCCCCC)[N+](C)(C)C. The third kappa shape index (κ3) is 23.2. The molecule has 1 aromatic rings. The summed E-state index contributed by atoms with van der Waals surface area (Å²) >= 11 is 0. The van der Waals surface area contributed by atoms with Gasteiger partial charge in [-0.3, -0.25) is 0 Å². The molecular weight excluding hydrogens is 518 g/mol. The molecule has 252 valence electrons. The summed E-state index contributed by atoms with van der Waals surface area (Å²) in [6.45, 7) is 4.62. The van der Waals surface area contributed by atoms with E-state index >= 15 is 0 Å². The van der Waals surface area contributed by atoms with Gasteiger partial charge in [-0.1, -0.05) is 205 Å². The topological polar surface area (TPSA) is 0 Å². The fourth-order valence-electron chi connectivity index (χ4n) is 7.09. The van der Waals surface area contributed by atoms with Gasteiger partial charge in [0, 0.05) is 12.0 Å². The van der Waals surface area contributed by atoms with Crippen LogP contribution in [0.5, 0.6) is 0 Å². The predicted octanol–water partition coefficient (Wildman–Crippen LogP) is 14.3. The molecule has 0 heterocycles. The van der Waals surface area contributed by atoms with Crippen LogP contribution in [0.1, 0.15) is 217 Å². The first-order valence-electron chi connectivity index (χ1n) is 19.9. The molecule has 0 fully saturated rings. The number of hydrogen-bond donors (Lipinski definition) is 0. The average Bonchev–Trinajstić information content (AvgIpc) is 2.99. The van der Waals surface area contributed by atoms with E-state index in [0.29, 0.717) is 6.04 Å². The number of hydrogen-bond acceptors (Lipinski definition) is 0. The molecule has 0 saturated carbocycles. The van der Waals surface area contributed by atoms with Crippen molar-refractivity contribution in [1.29, 1.82) is 0 Å². The fraction of sp³-hybridized carbons (Fsp3) is 0.857. The molecule has 0 saturated heterocycles. The molecule has 1 unspecified atom stereocenters. The van der Waals surface area contributed by atoms with Crippen molar-refractivity contribution in [2.24, 2.45) is 0 Å². The van der Waals surface area contributed by atoms with Crippen LogP contribution in [0.25, 0.3) is 0 Å². The second kappa shape index (κ2) is 28.6. The maximum absolute atomic E-state index is 2.46. The monoisotopic (exact) mass is 599 g/mol. The van der Waals surface area contributed by atoms with Crippen molar-refractivity contribution in [2.45, 2.75) is 213 Å². The minimum Gasteiger partial charge on any atom is -0.325 e. The van der Waals surface area contributed by atoms with E-state index < -0.39 is 0 Å². The summed E-state index contributed by atoms with van der Waals surface area (Å²) in [5.74, 6) is 0. The van der Waals surface area contributed by atoms with E-state index in [0.717, 1.165) is 4.48 Å². The van der Waals surface area contributed by atoms with Crippen molar-refractivity contribution in [3.8, 4) is 0 Å². The Morgan fingerprint density at radius 3 is 1.12 bits per heavy atom. The molecule has 1 rings (SSSR count). The van der Waals surface area contributed by atoms with Gasteiger partial charge in [-0.05, 0) is 24.8 Å². The summed E-state index contributed by atoms with van der Waals surface area (Å²) in [6, 6.07) is 10.1. The third-order valence-corrected chi connectivity index (χ3v) is 9.98. The molecule has 0 aliphatic carbocycles. The highest BCUT2D eigenvalue weighted by Gasteiger charge is 2.27. The van der Waals surface area contributed by atoms with Gasteiger partial charge in [0.2, 0.25) is 0 Å². The van der Waals surface area contributed by atoms with Crippen molar-refractivity contribution in [1.82, 2.24) is 0 Å². The highest BCUT2D eigenvalue weighted by molar-refractivity contribution is 5.29. The number of quaternary nitrogens is 1. The molecule has 1 nitrogen and oxygen atoms in total. The van der Waals surface area contributed by atoms with Gasteiger partial charge in [-0.15, -0.1) is 0 Å². The Hall–Kier alpha value is -0.820. The fourth-order valence-corrected chi connectivity index (χ4v) is 7.09. The van der Waals surface area contributed by atoms with Crippen LogP contribution in [0.2, 0.25) is 0 Å². The van der Waals surface area contributed by atoms with Crippen molar-refractivity contribution in [2.75, 3.05) is 21.1 Å². The Labute approximate surface area is 273 Å². The standard InChI is InChI=1S/C42H80N/c1-6-8-10-12-14-16-18-20-22-24-26-28-30-32-36-40-37-34-35-38-41(40)42(43(3,4)5)39-33-31-29-27-25-23-21-19-17-15-13-11-9-7-2/h34-35,37-38,42H,6-33,36,39H2,1-5H3/q+1. The van der Waals surface area contributed by atoms with E-state index in [2.05, 4.69) is 59.3 Å². The van der Waals surface area contributed by atoms with Crippen LogP contribution in [-0.4, -0.2) is 25.6 Å². The van der Waals surface area contributed by atoms with Crippen LogP contribution in [0.4, 0.5) is 0 Å². The van der Waals surface area contributed by atoms with Crippen LogP contribution in [0, 0.1) is 0 Å². The maximum atomic E-state index is 2.46. The normalized spacial score (nSPS) is 12.7. The van der Waals surface area contributed by atoms with Gasteiger partial charge in [0.15, 0.2) is 0 Å². The molecule has 0 N–H and O–H groups in total. The predicted molar refractivity (Wildman–Crippen MR) is 196 cm³/mol. The zero-order valence-electron chi connectivity index (χ0n) is 30.5. The van der Waals surface area contributed by atoms with Gasteiger partial charge in [0.05, 0.1) is 21.1 Å². The lowest BCUT2D eigenvalue weighted by Crippen LogP contribution is -2.39. The van der Waals surface area contributed by atoms with Gasteiger partial charge in [-0.25, -0.2) is 0 Å². The summed E-state index contributed by atoms with van der Waals surface area (Å²) < 4.78 is 1.05. The number of benzene rings is 1. The Kier molecular flexibility index (Phi) is 26.8. The summed E-state index contributed by atoms with van der Waals surface area (Å²) in [7, 11) is 7.24. The number of aryl methyl sites for hydroxylation is 1. The molecule has 0 amide bonds. The van der Waals surface area contributed by atoms with Gasteiger partial charge in [0.25, 0.3) is 0 Å². The second-order valence-electron chi connectivity index (χ2n) is 15.1. The number of rotatable bonds is 32. The Bertz CT molecular complexity index is 701. The van der Waals surface area contributed by atoms with Crippen molar-refractivity contribution in [3.63, 3.8) is 0 Å². The van der Waals surface area contributed by atoms with Crippen molar-refractivity contribution >= 4 is 0 Å². The first kappa shape index (κ1) is 40.2. The molecule has 0 aliphatic rings. The lowest BCUT2D eigenvalue weighted by molar-refractivity contribution is -0.902. The third-order valence-electron chi connectivity index (χ3n) is 9.98. The summed E-state index contributed by atoms with van der Waals surface area (Å²) in [5.41, 5.74) is 3.27. The van der Waals surface area contributed by atoms with Crippen molar-refractivity contribution < 1.29 is 4.48 Å². The van der Waals surface area contributed by atoms with E-state index in [4.69, 9.17) is 0 Å². The molecule has 0 bridgehead atoms. The molecule has 1 atom stereocenters. The first-order valence-corrected chi connectivity index (χ1v) is 19.9. The zero-order valence-corrected chi connectivity index (χ0v) is 30.5. The average molecular weight is 599 g/mol. The summed E-state index contributed by atoms with van der Waals surface area (Å²) in [4.78, 5) is 0. The Morgan fingerprint density at radius 1 is 0.419 bits per heavy atom. The van der Waals surface area contributed by atoms with E-state index in [1.54, 1.807) is 11.1 Å². The second-order valence-corrected chi connectivity index (χ2v) is 15.1. The highest BCUT2D eigenvalue weighted by Crippen LogP contribution is 2.32. The quantitative estimate of drug-likeness (QED) is 0.0571. The van der Waals surface area contributed by atoms with E-state index in [1.807, 2.05) is 0 Å². The molecule has 0 radical (unpaired) electrons. The summed E-state index contributed by atoms with van der Waals surface area (Å²) in [5, 5.41) is 0. The Balaban J connectivity index is 2.19. The molecule has 0 aromatic heterocycles. The van der Waals surface area contributed by atoms with Crippen LogP contribution in [0.15, 0.2) is 24.3 Å².